The van der Waals surface area contributed by atoms with Gasteiger partial charge in [0.05, 0.1) is 12.0 Å². The van der Waals surface area contributed by atoms with E-state index in [4.69, 9.17) is 0 Å². The molecule has 3 heterocycles. The summed E-state index contributed by atoms with van der Waals surface area (Å²) in [6.45, 7) is 0.671. The normalized spacial score (nSPS) is 16.0. The minimum absolute atomic E-state index is 0.159. The van der Waals surface area contributed by atoms with Gasteiger partial charge in [-0.25, -0.2) is 17.7 Å². The van der Waals surface area contributed by atoms with Gasteiger partial charge in [-0.1, -0.05) is 23.1 Å². The van der Waals surface area contributed by atoms with Crippen LogP contribution in [0.25, 0.3) is 0 Å². The molecule has 28 heavy (non-hydrogen) atoms. The molecule has 0 bridgehead atoms. The van der Waals surface area contributed by atoms with Crippen molar-refractivity contribution in [1.29, 1.82) is 0 Å². The lowest BCUT2D eigenvalue weighted by atomic mass is 9.97. The average Bonchev–Trinajstić information content (AvgIpc) is 3.31. The monoisotopic (exact) mass is 462 g/mol. The molecule has 0 aliphatic carbocycles. The van der Waals surface area contributed by atoms with Crippen LogP contribution in [-0.2, 0) is 19.6 Å². The van der Waals surface area contributed by atoms with Gasteiger partial charge in [0.1, 0.15) is 0 Å². The van der Waals surface area contributed by atoms with Crippen molar-refractivity contribution in [3.63, 3.8) is 0 Å². The molecule has 152 valence electrons. The minimum atomic E-state index is -3.22. The Kier molecular flexibility index (Phi) is 6.98. The molecule has 2 amide bonds. The predicted octanol–water partition coefficient (Wildman–Crippen LogP) is 1.34. The lowest BCUT2D eigenvalue weighted by molar-refractivity contribution is -0.121. The number of anilines is 2. The Labute approximate surface area is 174 Å². The number of carbonyl (C=O) groups excluding carboxylic acids is 2. The van der Waals surface area contributed by atoms with Crippen LogP contribution >= 0.6 is 34.4 Å². The molecular weight excluding hydrogens is 444 g/mol. The first-order valence-corrected chi connectivity index (χ1v) is 12.8. The third-order valence-corrected chi connectivity index (χ3v) is 7.90. The van der Waals surface area contributed by atoms with E-state index in [9.17, 15) is 18.0 Å². The molecule has 1 aliphatic rings. The molecule has 0 radical (unpaired) electrons. The van der Waals surface area contributed by atoms with Crippen molar-refractivity contribution in [2.24, 2.45) is 5.92 Å². The van der Waals surface area contributed by atoms with Crippen LogP contribution in [0.15, 0.2) is 15.9 Å². The Morgan fingerprint density at radius 3 is 2.64 bits per heavy atom. The van der Waals surface area contributed by atoms with Gasteiger partial charge in [0.2, 0.25) is 27.0 Å². The number of thiazole rings is 1. The van der Waals surface area contributed by atoms with Crippen molar-refractivity contribution in [1.82, 2.24) is 19.5 Å². The molecule has 0 atom stereocenters. The lowest BCUT2D eigenvalue weighted by Crippen LogP contribution is -2.40. The van der Waals surface area contributed by atoms with E-state index in [-0.39, 0.29) is 23.5 Å². The van der Waals surface area contributed by atoms with Crippen molar-refractivity contribution in [3.8, 4) is 0 Å². The van der Waals surface area contributed by atoms with Gasteiger partial charge in [-0.2, -0.15) is 0 Å². The maximum atomic E-state index is 12.4. The van der Waals surface area contributed by atoms with Crippen LogP contribution in [0, 0.1) is 5.92 Å². The standard InChI is InChI=1S/C14H18N6O4S4/c1-28(23,24)20-5-2-9(3-6-20)11(22)17-13-18-19-14(27-13)26-8-10(21)16-12-15-4-7-25-12/h4,7,9H,2-3,5-6,8H2,1H3,(H,15,16,21)(H,17,18,22). The van der Waals surface area contributed by atoms with E-state index in [0.29, 0.717) is 40.5 Å². The topological polar surface area (TPSA) is 134 Å². The van der Waals surface area contributed by atoms with Crippen molar-refractivity contribution in [2.45, 2.75) is 17.2 Å². The fourth-order valence-electron chi connectivity index (χ4n) is 2.54. The van der Waals surface area contributed by atoms with Gasteiger partial charge in [0.25, 0.3) is 0 Å². The highest BCUT2D eigenvalue weighted by Gasteiger charge is 2.29. The number of hydrogen-bond acceptors (Lipinski definition) is 10. The highest BCUT2D eigenvalue weighted by molar-refractivity contribution is 8.01. The molecule has 10 nitrogen and oxygen atoms in total. The Morgan fingerprint density at radius 2 is 2.00 bits per heavy atom. The third-order valence-electron chi connectivity index (χ3n) is 3.94. The molecule has 2 aromatic rings. The van der Waals surface area contributed by atoms with Gasteiger partial charge < -0.3 is 10.6 Å². The van der Waals surface area contributed by atoms with Crippen molar-refractivity contribution < 1.29 is 18.0 Å². The number of hydrogen-bond donors (Lipinski definition) is 2. The van der Waals surface area contributed by atoms with Gasteiger partial charge in [-0.05, 0) is 12.8 Å². The molecule has 1 fully saturated rings. The number of rotatable bonds is 7. The van der Waals surface area contributed by atoms with E-state index in [2.05, 4.69) is 25.8 Å². The summed E-state index contributed by atoms with van der Waals surface area (Å²) in [5.41, 5.74) is 0. The average molecular weight is 463 g/mol. The van der Waals surface area contributed by atoms with Crippen molar-refractivity contribution >= 4 is 66.5 Å². The number of aromatic nitrogens is 3. The largest absolute Gasteiger partial charge is 0.301 e. The van der Waals surface area contributed by atoms with Crippen LogP contribution in [0.3, 0.4) is 0 Å². The summed E-state index contributed by atoms with van der Waals surface area (Å²) in [5, 5.41) is 16.0. The lowest BCUT2D eigenvalue weighted by Gasteiger charge is -2.29. The van der Waals surface area contributed by atoms with Gasteiger partial charge in [-0.3, -0.25) is 9.59 Å². The fourth-order valence-corrected chi connectivity index (χ4v) is 5.52. The summed E-state index contributed by atoms with van der Waals surface area (Å²) in [6.07, 6.45) is 3.72. The Balaban J connectivity index is 1.44. The molecule has 2 aromatic heterocycles. The highest BCUT2D eigenvalue weighted by Crippen LogP contribution is 2.27. The van der Waals surface area contributed by atoms with Gasteiger partial charge in [-0.15, -0.1) is 21.5 Å². The van der Waals surface area contributed by atoms with E-state index in [1.165, 1.54) is 45.0 Å². The molecule has 0 aromatic carbocycles. The molecule has 0 unspecified atom stereocenters. The molecule has 1 aliphatic heterocycles. The quantitative estimate of drug-likeness (QED) is 0.465. The number of nitrogens with one attached hydrogen (secondary N) is 2. The number of thioether (sulfide) groups is 1. The SMILES string of the molecule is CS(=O)(=O)N1CCC(C(=O)Nc2nnc(SCC(=O)Nc3nccs3)s2)CC1. The summed E-state index contributed by atoms with van der Waals surface area (Å²) >= 11 is 3.75. The van der Waals surface area contributed by atoms with E-state index in [1.54, 1.807) is 11.6 Å². The number of sulfonamides is 1. The molecule has 3 rings (SSSR count). The summed E-state index contributed by atoms with van der Waals surface area (Å²) < 4.78 is 25.0. The van der Waals surface area contributed by atoms with Crippen LogP contribution in [0.2, 0.25) is 0 Å². The molecule has 2 N–H and O–H groups in total. The predicted molar refractivity (Wildman–Crippen MR) is 109 cm³/mol. The Morgan fingerprint density at radius 1 is 1.25 bits per heavy atom. The van der Waals surface area contributed by atoms with Gasteiger partial charge >= 0.3 is 0 Å². The number of nitrogens with zero attached hydrogens (tertiary/aromatic N) is 4. The molecule has 0 saturated carbocycles. The number of piperidine rings is 1. The first-order chi connectivity index (χ1) is 13.3. The maximum Gasteiger partial charge on any atom is 0.236 e. The second-order valence-corrected chi connectivity index (χ2v) is 11.0. The zero-order valence-corrected chi connectivity index (χ0v) is 18.1. The first-order valence-electron chi connectivity index (χ1n) is 8.23. The van der Waals surface area contributed by atoms with Gasteiger partial charge in [0, 0.05) is 30.6 Å². The van der Waals surface area contributed by atoms with Gasteiger partial charge in [0.15, 0.2) is 9.47 Å². The molecule has 14 heteroatoms. The van der Waals surface area contributed by atoms with E-state index in [0.717, 1.165) is 0 Å². The number of amides is 2. The van der Waals surface area contributed by atoms with Crippen LogP contribution in [0.5, 0.6) is 0 Å². The summed E-state index contributed by atoms with van der Waals surface area (Å²) in [7, 11) is -3.22. The molecule has 1 saturated heterocycles. The van der Waals surface area contributed by atoms with Crippen molar-refractivity contribution in [3.05, 3.63) is 11.6 Å². The van der Waals surface area contributed by atoms with E-state index >= 15 is 0 Å². The Bertz CT molecular complexity index is 922. The third kappa shape index (κ3) is 5.94. The zero-order chi connectivity index (χ0) is 20.1. The van der Waals surface area contributed by atoms with Crippen LogP contribution < -0.4 is 10.6 Å². The summed E-state index contributed by atoms with van der Waals surface area (Å²) in [6, 6.07) is 0. The Hall–Kier alpha value is -1.61. The fraction of sp³-hybridized carbons (Fsp3) is 0.500. The van der Waals surface area contributed by atoms with E-state index in [1.807, 2.05) is 0 Å². The van der Waals surface area contributed by atoms with E-state index < -0.39 is 10.0 Å². The highest BCUT2D eigenvalue weighted by atomic mass is 32.2. The summed E-state index contributed by atoms with van der Waals surface area (Å²) in [5.74, 6) is -0.491. The van der Waals surface area contributed by atoms with Crippen molar-refractivity contribution in [2.75, 3.05) is 35.7 Å². The number of carbonyl (C=O) groups is 2. The molecular formula is C14H18N6O4S4. The maximum absolute atomic E-state index is 12.4. The minimum Gasteiger partial charge on any atom is -0.301 e. The first kappa shape index (κ1) is 21.1. The zero-order valence-electron chi connectivity index (χ0n) is 14.8. The molecule has 0 spiro atoms. The summed E-state index contributed by atoms with van der Waals surface area (Å²) in [4.78, 5) is 28.2. The second kappa shape index (κ2) is 9.26. The van der Waals surface area contributed by atoms with Crippen LogP contribution in [0.4, 0.5) is 10.3 Å². The second-order valence-electron chi connectivity index (χ2n) is 5.97. The van der Waals surface area contributed by atoms with Crippen LogP contribution in [0.1, 0.15) is 12.8 Å². The van der Waals surface area contributed by atoms with Crippen LogP contribution in [-0.4, -0.2) is 64.8 Å². The smallest absolute Gasteiger partial charge is 0.236 e.